The number of hydrogen-bond donors (Lipinski definition) is 1. The molecule has 10 heteroatoms. The van der Waals surface area contributed by atoms with Crippen LogP contribution in [0.25, 0.3) is 0 Å². The van der Waals surface area contributed by atoms with E-state index in [0.717, 1.165) is 5.56 Å². The van der Waals surface area contributed by atoms with Crippen LogP contribution in [-0.4, -0.2) is 75.9 Å². The van der Waals surface area contributed by atoms with Crippen molar-refractivity contribution in [2.75, 3.05) is 13.7 Å². The predicted molar refractivity (Wildman–Crippen MR) is 131 cm³/mol. The second-order valence-corrected chi connectivity index (χ2v) is 15.0. The lowest BCUT2D eigenvalue weighted by Gasteiger charge is -2.49. The molecular weight excluding hydrogens is 472 g/mol. The minimum absolute atomic E-state index is 0.153. The summed E-state index contributed by atoms with van der Waals surface area (Å²) in [5, 5.41) is 11.3. The normalized spacial score (nSPS) is 26.1. The van der Waals surface area contributed by atoms with Crippen LogP contribution in [0, 0.1) is 0 Å². The van der Waals surface area contributed by atoms with Gasteiger partial charge in [-0.3, -0.25) is 9.59 Å². The number of aliphatic hydroxyl groups excluding tert-OH is 1. The van der Waals surface area contributed by atoms with Crippen molar-refractivity contribution in [2.24, 2.45) is 0 Å². The quantitative estimate of drug-likeness (QED) is 0.373. The number of benzene rings is 1. The second-order valence-electron chi connectivity index (χ2n) is 10.2. The molecule has 6 atom stereocenters. The summed E-state index contributed by atoms with van der Waals surface area (Å²) in [6.07, 6.45) is -5.95. The number of carbonyl (C=O) groups excluding carboxylic acids is 2. The third-order valence-corrected chi connectivity index (χ3v) is 10.9. The van der Waals surface area contributed by atoms with E-state index in [1.165, 1.54) is 21.0 Å². The largest absolute Gasteiger partial charge is 0.462 e. The Kier molecular flexibility index (Phi) is 10.4. The lowest BCUT2D eigenvalue weighted by Crippen LogP contribution is -2.65. The van der Waals surface area contributed by atoms with E-state index in [0.29, 0.717) is 0 Å². The highest BCUT2D eigenvalue weighted by Gasteiger charge is 2.53. The van der Waals surface area contributed by atoms with Crippen molar-refractivity contribution in [3.05, 3.63) is 35.9 Å². The van der Waals surface area contributed by atoms with Crippen LogP contribution in [0.1, 0.15) is 40.2 Å². The van der Waals surface area contributed by atoms with Crippen LogP contribution in [0.2, 0.25) is 18.1 Å². The molecule has 1 fully saturated rings. The summed E-state index contributed by atoms with van der Waals surface area (Å²) in [5.41, 5.74) is 0.942. The van der Waals surface area contributed by atoms with Crippen molar-refractivity contribution in [1.82, 2.24) is 0 Å². The summed E-state index contributed by atoms with van der Waals surface area (Å²) >= 11 is 0. The number of rotatable bonds is 10. The van der Waals surface area contributed by atoms with E-state index < -0.39 is 57.1 Å². The molecule has 0 unspecified atom stereocenters. The molecule has 0 radical (unpaired) electrons. The first kappa shape index (κ1) is 29.4. The summed E-state index contributed by atoms with van der Waals surface area (Å²) in [5.74, 6) is -1.15. The Morgan fingerprint density at radius 3 is 2.23 bits per heavy atom. The van der Waals surface area contributed by atoms with Crippen molar-refractivity contribution in [1.29, 1.82) is 0 Å². The fourth-order valence-corrected chi connectivity index (χ4v) is 4.86. The number of esters is 2. The summed E-state index contributed by atoms with van der Waals surface area (Å²) in [7, 11) is -0.937. The molecule has 9 nitrogen and oxygen atoms in total. The molecule has 0 aromatic heterocycles. The number of hydrogen-bond acceptors (Lipinski definition) is 9. The Labute approximate surface area is 209 Å². The van der Waals surface area contributed by atoms with Gasteiger partial charge in [0.05, 0.1) is 6.61 Å². The van der Waals surface area contributed by atoms with Gasteiger partial charge in [-0.2, -0.15) is 0 Å². The van der Waals surface area contributed by atoms with E-state index in [9.17, 15) is 14.7 Å². The SMILES string of the molecule is CO[C@H]1O[C@H]([C@H](COC(C)=O)OC(C)=O)[C@@H](O)[C@H](O[Si](C)(C)C(C)(C)C)[C@@H]1OCc1ccccc1. The summed E-state index contributed by atoms with van der Waals surface area (Å²) in [4.78, 5) is 23.2. The average molecular weight is 513 g/mol. The van der Waals surface area contributed by atoms with Crippen LogP contribution < -0.4 is 0 Å². The monoisotopic (exact) mass is 512 g/mol. The standard InChI is InChI=1S/C25H40O9Si/c1-16(26)30-15-19(32-17(2)27)21-20(28)22(34-35(7,8)25(3,4)5)23(24(29-6)33-21)31-14-18-12-10-9-11-13-18/h9-13,19-24,28H,14-15H2,1-8H3/t19-,20+,21+,22-,23-,24-/m0/s1. The number of methoxy groups -OCH3 is 1. The van der Waals surface area contributed by atoms with Gasteiger partial charge in [0.15, 0.2) is 20.7 Å². The second kappa shape index (κ2) is 12.4. The van der Waals surface area contributed by atoms with Gasteiger partial charge in [-0.25, -0.2) is 0 Å². The van der Waals surface area contributed by atoms with Gasteiger partial charge in [0, 0.05) is 21.0 Å². The number of aliphatic hydroxyl groups is 1. The highest BCUT2D eigenvalue weighted by Crippen LogP contribution is 2.40. The van der Waals surface area contributed by atoms with Gasteiger partial charge in [-0.05, 0) is 23.7 Å². The molecule has 1 aliphatic heterocycles. The average Bonchev–Trinajstić information content (AvgIpc) is 2.76. The van der Waals surface area contributed by atoms with Gasteiger partial charge >= 0.3 is 11.9 Å². The molecule has 2 rings (SSSR count). The molecule has 35 heavy (non-hydrogen) atoms. The van der Waals surface area contributed by atoms with Crippen molar-refractivity contribution in [3.63, 3.8) is 0 Å². The number of carbonyl (C=O) groups is 2. The summed E-state index contributed by atoms with van der Waals surface area (Å²) in [6.45, 7) is 12.9. The first-order chi connectivity index (χ1) is 16.3. The molecule has 1 aromatic rings. The lowest BCUT2D eigenvalue weighted by atomic mass is 9.95. The molecule has 198 valence electrons. The van der Waals surface area contributed by atoms with E-state index in [4.69, 9.17) is 28.1 Å². The minimum atomic E-state index is -2.40. The van der Waals surface area contributed by atoms with Crippen molar-refractivity contribution >= 4 is 20.3 Å². The van der Waals surface area contributed by atoms with Gasteiger partial charge in [-0.15, -0.1) is 0 Å². The fraction of sp³-hybridized carbons (Fsp3) is 0.680. The molecule has 0 bridgehead atoms. The Balaban J connectivity index is 2.40. The van der Waals surface area contributed by atoms with Crippen molar-refractivity contribution in [3.8, 4) is 0 Å². The predicted octanol–water partition coefficient (Wildman–Crippen LogP) is 3.19. The van der Waals surface area contributed by atoms with E-state index in [1.807, 2.05) is 30.3 Å². The van der Waals surface area contributed by atoms with Crippen LogP contribution in [-0.2, 0) is 44.3 Å². The Hall–Kier alpha value is -1.82. The third-order valence-electron chi connectivity index (χ3n) is 6.45. The third kappa shape index (κ3) is 8.09. The fourth-order valence-electron chi connectivity index (χ4n) is 3.55. The Morgan fingerprint density at radius 2 is 1.71 bits per heavy atom. The highest BCUT2D eigenvalue weighted by atomic mass is 28.4. The maximum Gasteiger partial charge on any atom is 0.303 e. The smallest absolute Gasteiger partial charge is 0.303 e. The van der Waals surface area contributed by atoms with Crippen molar-refractivity contribution < 1.29 is 42.8 Å². The van der Waals surface area contributed by atoms with Crippen LogP contribution >= 0.6 is 0 Å². The summed E-state index contributed by atoms with van der Waals surface area (Å²) in [6, 6.07) is 9.61. The van der Waals surface area contributed by atoms with Gasteiger partial charge < -0.3 is 33.2 Å². The van der Waals surface area contributed by atoms with Gasteiger partial charge in [0.25, 0.3) is 0 Å². The first-order valence-electron chi connectivity index (χ1n) is 11.8. The molecule has 0 spiro atoms. The first-order valence-corrected chi connectivity index (χ1v) is 14.7. The molecule has 1 aromatic carbocycles. The van der Waals surface area contributed by atoms with Crippen molar-refractivity contribution in [2.45, 2.75) is 96.2 Å². The highest BCUT2D eigenvalue weighted by molar-refractivity contribution is 6.74. The Morgan fingerprint density at radius 1 is 1.09 bits per heavy atom. The number of ether oxygens (including phenoxy) is 5. The molecule has 0 saturated carbocycles. The van der Waals surface area contributed by atoms with E-state index >= 15 is 0 Å². The van der Waals surface area contributed by atoms with Crippen LogP contribution in [0.15, 0.2) is 30.3 Å². The maximum atomic E-state index is 11.8. The summed E-state index contributed by atoms with van der Waals surface area (Å²) < 4.78 is 35.0. The van der Waals surface area contributed by atoms with E-state index in [-0.39, 0.29) is 18.3 Å². The van der Waals surface area contributed by atoms with E-state index in [2.05, 4.69) is 33.9 Å². The zero-order chi connectivity index (χ0) is 26.4. The minimum Gasteiger partial charge on any atom is -0.462 e. The van der Waals surface area contributed by atoms with Gasteiger partial charge in [0.2, 0.25) is 0 Å². The van der Waals surface area contributed by atoms with Crippen LogP contribution in [0.4, 0.5) is 0 Å². The molecule has 1 saturated heterocycles. The molecule has 0 amide bonds. The zero-order valence-electron chi connectivity index (χ0n) is 22.0. The maximum absolute atomic E-state index is 11.8. The lowest BCUT2D eigenvalue weighted by molar-refractivity contribution is -0.314. The molecule has 0 aliphatic carbocycles. The molecule has 1 heterocycles. The van der Waals surface area contributed by atoms with Crippen LogP contribution in [0.3, 0.4) is 0 Å². The van der Waals surface area contributed by atoms with Gasteiger partial charge in [0.1, 0.15) is 31.0 Å². The van der Waals surface area contributed by atoms with Gasteiger partial charge in [-0.1, -0.05) is 51.1 Å². The Bertz CT molecular complexity index is 824. The molecular formula is C25H40O9Si. The zero-order valence-corrected chi connectivity index (χ0v) is 23.0. The van der Waals surface area contributed by atoms with Crippen LogP contribution in [0.5, 0.6) is 0 Å². The topological polar surface area (TPSA) is 110 Å². The molecule has 1 aliphatic rings. The molecule has 1 N–H and O–H groups in total. The van der Waals surface area contributed by atoms with E-state index in [1.54, 1.807) is 0 Å².